The van der Waals surface area contributed by atoms with E-state index in [-0.39, 0.29) is 30.4 Å². The second kappa shape index (κ2) is 6.97. The van der Waals surface area contributed by atoms with Crippen molar-refractivity contribution in [1.82, 2.24) is 14.8 Å². The Labute approximate surface area is 123 Å². The number of nitrogens with zero attached hydrogens (tertiary/aromatic N) is 3. The summed E-state index contributed by atoms with van der Waals surface area (Å²) in [5.74, 6) is -0.103. The van der Waals surface area contributed by atoms with Crippen LogP contribution in [0.3, 0.4) is 0 Å². The maximum Gasteiger partial charge on any atom is 0.272 e. The lowest BCUT2D eigenvalue weighted by Crippen LogP contribution is -2.50. The van der Waals surface area contributed by atoms with Crippen molar-refractivity contribution in [2.75, 3.05) is 26.2 Å². The van der Waals surface area contributed by atoms with Crippen LogP contribution < -0.4 is 0 Å². The largest absolute Gasteiger partial charge is 0.339 e. The second-order valence-electron chi connectivity index (χ2n) is 5.09. The first-order valence-electron chi connectivity index (χ1n) is 7.05. The standard InChI is InChI=1S/C15H19N3O3/c1-12(19)5-6-14(20)17-8-10-18(11-9-17)15(21)13-4-2-3-7-16-13/h2-4,7H,5-6,8-11H2,1H3. The van der Waals surface area contributed by atoms with Crippen molar-refractivity contribution < 1.29 is 14.4 Å². The molecule has 0 N–H and O–H groups in total. The summed E-state index contributed by atoms with van der Waals surface area (Å²) in [7, 11) is 0. The maximum atomic E-state index is 12.2. The predicted molar refractivity (Wildman–Crippen MR) is 76.6 cm³/mol. The molecule has 1 fully saturated rings. The van der Waals surface area contributed by atoms with E-state index in [0.717, 1.165) is 0 Å². The zero-order valence-electron chi connectivity index (χ0n) is 12.1. The first kappa shape index (κ1) is 15.2. The average molecular weight is 289 g/mol. The normalized spacial score (nSPS) is 14.9. The predicted octanol–water partition coefficient (Wildman–Crippen LogP) is 0.735. The molecule has 112 valence electrons. The van der Waals surface area contributed by atoms with Gasteiger partial charge in [-0.15, -0.1) is 0 Å². The molecule has 1 aliphatic rings. The molecular formula is C15H19N3O3. The molecule has 1 aromatic rings. The Morgan fingerprint density at radius 1 is 1.05 bits per heavy atom. The summed E-state index contributed by atoms with van der Waals surface area (Å²) in [4.78, 5) is 42.5. The van der Waals surface area contributed by atoms with Crippen LogP contribution in [0, 0.1) is 0 Å². The molecule has 0 saturated carbocycles. The molecular weight excluding hydrogens is 270 g/mol. The van der Waals surface area contributed by atoms with Crippen LogP contribution in [-0.4, -0.2) is 58.6 Å². The van der Waals surface area contributed by atoms with Gasteiger partial charge in [0.1, 0.15) is 11.5 Å². The number of rotatable bonds is 4. The van der Waals surface area contributed by atoms with Crippen LogP contribution in [0.4, 0.5) is 0 Å². The topological polar surface area (TPSA) is 70.6 Å². The van der Waals surface area contributed by atoms with Gasteiger partial charge in [-0.3, -0.25) is 14.6 Å². The highest BCUT2D eigenvalue weighted by Gasteiger charge is 2.25. The summed E-state index contributed by atoms with van der Waals surface area (Å²) in [6.45, 7) is 3.50. The molecule has 0 aliphatic carbocycles. The first-order valence-corrected chi connectivity index (χ1v) is 7.05. The number of piperazine rings is 1. The average Bonchev–Trinajstić information content (AvgIpc) is 2.53. The fraction of sp³-hybridized carbons (Fsp3) is 0.467. The third kappa shape index (κ3) is 4.11. The van der Waals surface area contributed by atoms with Crippen molar-refractivity contribution in [2.24, 2.45) is 0 Å². The van der Waals surface area contributed by atoms with Crippen LogP contribution in [0.2, 0.25) is 0 Å². The zero-order valence-corrected chi connectivity index (χ0v) is 12.1. The van der Waals surface area contributed by atoms with Gasteiger partial charge in [0.15, 0.2) is 0 Å². The van der Waals surface area contributed by atoms with Crippen LogP contribution in [0.15, 0.2) is 24.4 Å². The van der Waals surface area contributed by atoms with E-state index in [4.69, 9.17) is 0 Å². The fourth-order valence-electron chi connectivity index (χ4n) is 2.25. The van der Waals surface area contributed by atoms with Crippen molar-refractivity contribution in [2.45, 2.75) is 19.8 Å². The molecule has 0 aromatic carbocycles. The molecule has 2 rings (SSSR count). The highest BCUT2D eigenvalue weighted by Crippen LogP contribution is 2.08. The molecule has 1 aromatic heterocycles. The summed E-state index contributed by atoms with van der Waals surface area (Å²) in [6.07, 6.45) is 2.13. The molecule has 0 unspecified atom stereocenters. The van der Waals surface area contributed by atoms with Crippen molar-refractivity contribution in [1.29, 1.82) is 0 Å². The Morgan fingerprint density at radius 3 is 2.29 bits per heavy atom. The molecule has 6 nitrogen and oxygen atoms in total. The fourth-order valence-corrected chi connectivity index (χ4v) is 2.25. The minimum Gasteiger partial charge on any atom is -0.339 e. The van der Waals surface area contributed by atoms with E-state index < -0.39 is 0 Å². The quantitative estimate of drug-likeness (QED) is 0.819. The maximum absolute atomic E-state index is 12.2. The van der Waals surface area contributed by atoms with Gasteiger partial charge < -0.3 is 14.6 Å². The molecule has 21 heavy (non-hydrogen) atoms. The van der Waals surface area contributed by atoms with Gasteiger partial charge in [-0.05, 0) is 19.1 Å². The van der Waals surface area contributed by atoms with E-state index in [9.17, 15) is 14.4 Å². The Morgan fingerprint density at radius 2 is 1.71 bits per heavy atom. The number of pyridine rings is 1. The number of Topliss-reactive ketones (excluding diaryl/α,β-unsaturated/α-hetero) is 1. The van der Waals surface area contributed by atoms with E-state index in [1.165, 1.54) is 6.92 Å². The zero-order chi connectivity index (χ0) is 15.2. The lowest BCUT2D eigenvalue weighted by Gasteiger charge is -2.34. The summed E-state index contributed by atoms with van der Waals surface area (Å²) in [5, 5.41) is 0. The van der Waals surface area contributed by atoms with E-state index in [1.54, 1.807) is 34.2 Å². The van der Waals surface area contributed by atoms with Crippen LogP contribution in [0.5, 0.6) is 0 Å². The Bertz CT molecular complexity index is 522. The first-order chi connectivity index (χ1) is 10.1. The molecule has 6 heteroatoms. The molecule has 0 radical (unpaired) electrons. The van der Waals surface area contributed by atoms with Gasteiger partial charge in [0.2, 0.25) is 5.91 Å². The molecule has 0 atom stereocenters. The van der Waals surface area contributed by atoms with Crippen LogP contribution in [0.1, 0.15) is 30.3 Å². The second-order valence-corrected chi connectivity index (χ2v) is 5.09. The Hall–Kier alpha value is -2.24. The summed E-state index contributed by atoms with van der Waals surface area (Å²) < 4.78 is 0. The molecule has 0 bridgehead atoms. The SMILES string of the molecule is CC(=O)CCC(=O)N1CCN(C(=O)c2ccccn2)CC1. The molecule has 1 aliphatic heterocycles. The number of amides is 2. The van der Waals surface area contributed by atoms with Crippen molar-refractivity contribution in [3.63, 3.8) is 0 Å². The van der Waals surface area contributed by atoms with Crippen LogP contribution in [0.25, 0.3) is 0 Å². The van der Waals surface area contributed by atoms with Gasteiger partial charge in [0.05, 0.1) is 0 Å². The summed E-state index contributed by atoms with van der Waals surface area (Å²) in [5.41, 5.74) is 0.425. The van der Waals surface area contributed by atoms with Gasteiger partial charge in [-0.25, -0.2) is 0 Å². The van der Waals surface area contributed by atoms with Crippen LogP contribution in [-0.2, 0) is 9.59 Å². The molecule has 1 saturated heterocycles. The van der Waals surface area contributed by atoms with Gasteiger partial charge >= 0.3 is 0 Å². The smallest absolute Gasteiger partial charge is 0.272 e. The summed E-state index contributed by atoms with van der Waals surface area (Å²) >= 11 is 0. The minimum atomic E-state index is -0.105. The molecule has 0 spiro atoms. The number of ketones is 1. The van der Waals surface area contributed by atoms with E-state index >= 15 is 0 Å². The van der Waals surface area contributed by atoms with Crippen molar-refractivity contribution >= 4 is 17.6 Å². The number of aromatic nitrogens is 1. The monoisotopic (exact) mass is 289 g/mol. The molecule has 2 amide bonds. The number of carbonyl (C=O) groups is 3. The van der Waals surface area contributed by atoms with E-state index in [0.29, 0.717) is 31.9 Å². The highest BCUT2D eigenvalue weighted by molar-refractivity contribution is 5.92. The van der Waals surface area contributed by atoms with E-state index in [2.05, 4.69) is 4.98 Å². The lowest BCUT2D eigenvalue weighted by atomic mass is 10.2. The number of carbonyl (C=O) groups excluding carboxylic acids is 3. The third-order valence-corrected chi connectivity index (χ3v) is 3.49. The van der Waals surface area contributed by atoms with Gasteiger partial charge in [0, 0.05) is 45.2 Å². The van der Waals surface area contributed by atoms with E-state index in [1.807, 2.05) is 0 Å². The van der Waals surface area contributed by atoms with Crippen molar-refractivity contribution in [3.05, 3.63) is 30.1 Å². The van der Waals surface area contributed by atoms with Gasteiger partial charge in [0.25, 0.3) is 5.91 Å². The molecule has 2 heterocycles. The Balaban J connectivity index is 1.84. The van der Waals surface area contributed by atoms with Crippen molar-refractivity contribution in [3.8, 4) is 0 Å². The highest BCUT2D eigenvalue weighted by atomic mass is 16.2. The number of hydrogen-bond donors (Lipinski definition) is 0. The van der Waals surface area contributed by atoms with Crippen LogP contribution >= 0.6 is 0 Å². The van der Waals surface area contributed by atoms with Gasteiger partial charge in [-0.2, -0.15) is 0 Å². The number of hydrogen-bond acceptors (Lipinski definition) is 4. The third-order valence-electron chi connectivity index (χ3n) is 3.49. The lowest BCUT2D eigenvalue weighted by molar-refractivity contribution is -0.134. The minimum absolute atomic E-state index is 0.0184. The summed E-state index contributed by atoms with van der Waals surface area (Å²) in [6, 6.07) is 5.23. The Kier molecular flexibility index (Phi) is 5.03. The van der Waals surface area contributed by atoms with Gasteiger partial charge in [-0.1, -0.05) is 6.07 Å².